The third kappa shape index (κ3) is 2.55. The van der Waals surface area contributed by atoms with Gasteiger partial charge in [-0.1, -0.05) is 60.7 Å². The fourth-order valence-electron chi connectivity index (χ4n) is 3.50. The van der Waals surface area contributed by atoms with Crippen molar-refractivity contribution in [2.24, 2.45) is 10.9 Å². The van der Waals surface area contributed by atoms with E-state index in [2.05, 4.69) is 47.5 Å². The summed E-state index contributed by atoms with van der Waals surface area (Å²) >= 11 is 0. The molecular weight excluding hydrogens is 266 g/mol. The molecule has 0 spiro atoms. The van der Waals surface area contributed by atoms with Crippen LogP contribution in [0.5, 0.6) is 0 Å². The Morgan fingerprint density at radius 3 is 2.68 bits per heavy atom. The molecule has 1 atom stereocenters. The normalized spacial score (nSPS) is 21.7. The van der Waals surface area contributed by atoms with Crippen molar-refractivity contribution in [3.8, 4) is 0 Å². The van der Waals surface area contributed by atoms with Crippen LogP contribution in [0.2, 0.25) is 0 Å². The van der Waals surface area contributed by atoms with E-state index in [0.717, 1.165) is 12.0 Å². The Morgan fingerprint density at radius 2 is 1.77 bits per heavy atom. The molecule has 2 aliphatic carbocycles. The highest BCUT2D eigenvalue weighted by Crippen LogP contribution is 2.43. The lowest BCUT2D eigenvalue weighted by molar-refractivity contribution is 0.612. The van der Waals surface area contributed by atoms with Crippen LogP contribution < -0.4 is 0 Å². The summed E-state index contributed by atoms with van der Waals surface area (Å²) in [6, 6.07) is 19.1. The van der Waals surface area contributed by atoms with Gasteiger partial charge in [0.15, 0.2) is 0 Å². The average molecular weight is 285 g/mol. The van der Waals surface area contributed by atoms with E-state index in [1.165, 1.54) is 35.1 Å². The molecule has 0 bridgehead atoms. The zero-order chi connectivity index (χ0) is 14.8. The largest absolute Gasteiger partial charge is 0.264 e. The Hall–Kier alpha value is -2.41. The summed E-state index contributed by atoms with van der Waals surface area (Å²) < 4.78 is 0. The highest BCUT2D eigenvalue weighted by Gasteiger charge is 2.28. The first-order valence-corrected chi connectivity index (χ1v) is 7.97. The SMILES string of the molecule is C(=N/C=C1/C=C2c3ccccc3CC2CC1)c1ccccc1. The number of nitrogens with zero attached hydrogens (tertiary/aromatic N) is 1. The van der Waals surface area contributed by atoms with Crippen LogP contribution in [0.25, 0.3) is 5.57 Å². The zero-order valence-corrected chi connectivity index (χ0v) is 12.6. The number of fused-ring (bicyclic) bond motifs is 3. The Labute approximate surface area is 131 Å². The summed E-state index contributed by atoms with van der Waals surface area (Å²) in [7, 11) is 0. The van der Waals surface area contributed by atoms with E-state index < -0.39 is 0 Å². The van der Waals surface area contributed by atoms with Crippen LogP contribution in [0, 0.1) is 5.92 Å². The Kier molecular flexibility index (Phi) is 3.48. The molecule has 2 aliphatic rings. The fourth-order valence-corrected chi connectivity index (χ4v) is 3.50. The van der Waals surface area contributed by atoms with Crippen molar-refractivity contribution in [2.45, 2.75) is 19.3 Å². The van der Waals surface area contributed by atoms with E-state index in [-0.39, 0.29) is 0 Å². The zero-order valence-electron chi connectivity index (χ0n) is 12.6. The first-order chi connectivity index (χ1) is 10.9. The number of rotatable bonds is 2. The molecule has 4 rings (SSSR count). The second-order valence-corrected chi connectivity index (χ2v) is 6.09. The fraction of sp³-hybridized carbons (Fsp3) is 0.190. The van der Waals surface area contributed by atoms with Crippen LogP contribution in [0.15, 0.2) is 77.4 Å². The van der Waals surface area contributed by atoms with Gasteiger partial charge in [0.2, 0.25) is 0 Å². The molecule has 0 heterocycles. The van der Waals surface area contributed by atoms with Gasteiger partial charge in [-0.15, -0.1) is 0 Å². The molecule has 1 nitrogen and oxygen atoms in total. The maximum absolute atomic E-state index is 4.50. The minimum Gasteiger partial charge on any atom is -0.264 e. The van der Waals surface area contributed by atoms with Gasteiger partial charge in [-0.05, 0) is 53.0 Å². The predicted octanol–water partition coefficient (Wildman–Crippen LogP) is 5.04. The molecule has 1 heteroatoms. The summed E-state index contributed by atoms with van der Waals surface area (Å²) in [5, 5.41) is 0. The van der Waals surface area contributed by atoms with E-state index >= 15 is 0 Å². The van der Waals surface area contributed by atoms with Gasteiger partial charge in [-0.25, -0.2) is 0 Å². The van der Waals surface area contributed by atoms with Crippen LogP contribution in [0.1, 0.15) is 29.5 Å². The van der Waals surface area contributed by atoms with Gasteiger partial charge in [0, 0.05) is 12.4 Å². The highest BCUT2D eigenvalue weighted by molar-refractivity contribution is 5.80. The molecule has 0 saturated carbocycles. The van der Waals surface area contributed by atoms with Gasteiger partial charge >= 0.3 is 0 Å². The summed E-state index contributed by atoms with van der Waals surface area (Å²) in [5.41, 5.74) is 6.96. The molecule has 1 unspecified atom stereocenters. The Bertz CT molecular complexity index is 766. The Morgan fingerprint density at radius 1 is 0.955 bits per heavy atom. The lowest BCUT2D eigenvalue weighted by Gasteiger charge is -2.19. The van der Waals surface area contributed by atoms with Crippen molar-refractivity contribution >= 4 is 11.8 Å². The van der Waals surface area contributed by atoms with Crippen molar-refractivity contribution in [3.05, 3.63) is 89.1 Å². The van der Waals surface area contributed by atoms with E-state index in [9.17, 15) is 0 Å². The Balaban J connectivity index is 1.59. The number of hydrogen-bond donors (Lipinski definition) is 0. The van der Waals surface area contributed by atoms with Gasteiger partial charge in [-0.2, -0.15) is 0 Å². The van der Waals surface area contributed by atoms with Crippen LogP contribution in [-0.2, 0) is 6.42 Å². The molecule has 0 aromatic heterocycles. The van der Waals surface area contributed by atoms with E-state index in [1.54, 1.807) is 0 Å². The van der Waals surface area contributed by atoms with E-state index in [1.807, 2.05) is 30.6 Å². The lowest BCUT2D eigenvalue weighted by Crippen LogP contribution is -2.04. The summed E-state index contributed by atoms with van der Waals surface area (Å²) in [4.78, 5) is 4.50. The molecule has 0 N–H and O–H groups in total. The first-order valence-electron chi connectivity index (χ1n) is 7.97. The second kappa shape index (κ2) is 5.76. The molecule has 2 aromatic rings. The van der Waals surface area contributed by atoms with Gasteiger partial charge in [0.25, 0.3) is 0 Å². The van der Waals surface area contributed by atoms with Gasteiger partial charge in [0.05, 0.1) is 0 Å². The number of hydrogen-bond acceptors (Lipinski definition) is 1. The maximum Gasteiger partial charge on any atom is 0.0340 e. The lowest BCUT2D eigenvalue weighted by atomic mass is 9.86. The minimum absolute atomic E-state index is 0.715. The van der Waals surface area contributed by atoms with Crippen LogP contribution >= 0.6 is 0 Å². The third-order valence-electron chi connectivity index (χ3n) is 4.62. The summed E-state index contributed by atoms with van der Waals surface area (Å²) in [5.74, 6) is 0.715. The smallest absolute Gasteiger partial charge is 0.0340 e. The van der Waals surface area contributed by atoms with Gasteiger partial charge < -0.3 is 0 Å². The van der Waals surface area contributed by atoms with Crippen molar-refractivity contribution in [2.75, 3.05) is 0 Å². The number of benzene rings is 2. The minimum atomic E-state index is 0.715. The molecule has 2 aromatic carbocycles. The van der Waals surface area contributed by atoms with Crippen molar-refractivity contribution in [3.63, 3.8) is 0 Å². The first kappa shape index (κ1) is 13.3. The summed E-state index contributed by atoms with van der Waals surface area (Å²) in [6.45, 7) is 0. The predicted molar refractivity (Wildman–Crippen MR) is 93.0 cm³/mol. The molecule has 0 fully saturated rings. The van der Waals surface area contributed by atoms with E-state index in [4.69, 9.17) is 0 Å². The van der Waals surface area contributed by atoms with Crippen LogP contribution in [-0.4, -0.2) is 6.21 Å². The molecule has 0 radical (unpaired) electrons. The average Bonchev–Trinajstić information content (AvgIpc) is 2.94. The topological polar surface area (TPSA) is 12.4 Å². The maximum atomic E-state index is 4.50. The van der Waals surface area contributed by atoms with Gasteiger partial charge in [0.1, 0.15) is 0 Å². The molecule has 22 heavy (non-hydrogen) atoms. The van der Waals surface area contributed by atoms with Crippen LogP contribution in [0.3, 0.4) is 0 Å². The molecule has 0 saturated heterocycles. The standard InChI is InChI=1S/C21H19N/c1-2-6-16(7-3-1)14-22-15-17-10-11-19-13-18-8-4-5-9-20(18)21(19)12-17/h1-9,12,14-15,19H,10-11,13H2/b17-15+,22-14?. The quantitative estimate of drug-likeness (QED) is 0.685. The second-order valence-electron chi connectivity index (χ2n) is 6.09. The molecule has 0 aliphatic heterocycles. The highest BCUT2D eigenvalue weighted by atomic mass is 14.7. The molecule has 0 amide bonds. The monoisotopic (exact) mass is 285 g/mol. The van der Waals surface area contributed by atoms with Crippen molar-refractivity contribution in [1.29, 1.82) is 0 Å². The number of aliphatic imine (C=N–C) groups is 1. The third-order valence-corrected chi connectivity index (χ3v) is 4.62. The van der Waals surface area contributed by atoms with Crippen LogP contribution in [0.4, 0.5) is 0 Å². The van der Waals surface area contributed by atoms with E-state index in [0.29, 0.717) is 5.92 Å². The molecular formula is C21H19N. The number of allylic oxidation sites excluding steroid dienone is 3. The van der Waals surface area contributed by atoms with Crippen molar-refractivity contribution in [1.82, 2.24) is 0 Å². The summed E-state index contributed by atoms with van der Waals surface area (Å²) in [6.07, 6.45) is 9.91. The molecule has 108 valence electrons. The van der Waals surface area contributed by atoms with Crippen molar-refractivity contribution < 1.29 is 0 Å². The van der Waals surface area contributed by atoms with Gasteiger partial charge in [-0.3, -0.25) is 4.99 Å².